The molecule has 23 heavy (non-hydrogen) atoms. The van der Waals surface area contributed by atoms with Crippen molar-refractivity contribution in [3.05, 3.63) is 47.3 Å². The second kappa shape index (κ2) is 6.55. The predicted molar refractivity (Wildman–Crippen MR) is 81.5 cm³/mol. The Morgan fingerprint density at radius 1 is 1.17 bits per heavy atom. The third kappa shape index (κ3) is 4.20. The molecule has 124 valence electrons. The van der Waals surface area contributed by atoms with Crippen LogP contribution in [0.25, 0.3) is 0 Å². The van der Waals surface area contributed by atoms with Crippen molar-refractivity contribution in [2.75, 3.05) is 19.0 Å². The van der Waals surface area contributed by atoms with Gasteiger partial charge in [-0.1, -0.05) is 0 Å². The number of aromatic nitrogens is 2. The van der Waals surface area contributed by atoms with E-state index in [1.54, 1.807) is 32.0 Å². The number of nitrogens with zero attached hydrogens (tertiary/aromatic N) is 3. The van der Waals surface area contributed by atoms with Crippen LogP contribution in [0, 0.1) is 18.6 Å². The molecule has 0 saturated heterocycles. The molecule has 9 heteroatoms. The normalized spacial score (nSPS) is 11.5. The van der Waals surface area contributed by atoms with Gasteiger partial charge in [-0.25, -0.2) is 31.9 Å². The first kappa shape index (κ1) is 17.2. The second-order valence-corrected chi connectivity index (χ2v) is 6.83. The van der Waals surface area contributed by atoms with Crippen LogP contribution in [0.4, 0.5) is 14.7 Å². The summed E-state index contributed by atoms with van der Waals surface area (Å²) in [7, 11) is -0.596. The average Bonchev–Trinajstić information content (AvgIpc) is 2.44. The minimum Gasteiger partial charge on any atom is -0.347 e. The van der Waals surface area contributed by atoms with Crippen LogP contribution < -0.4 is 9.62 Å². The van der Waals surface area contributed by atoms with Crippen molar-refractivity contribution in [1.82, 2.24) is 14.7 Å². The van der Waals surface area contributed by atoms with Crippen LogP contribution in [-0.2, 0) is 16.6 Å². The quantitative estimate of drug-likeness (QED) is 0.893. The molecule has 1 N–H and O–H groups in total. The molecule has 0 fully saturated rings. The van der Waals surface area contributed by atoms with Crippen molar-refractivity contribution in [2.45, 2.75) is 18.4 Å². The summed E-state index contributed by atoms with van der Waals surface area (Å²) in [5.74, 6) is -1.55. The van der Waals surface area contributed by atoms with Gasteiger partial charge in [-0.3, -0.25) is 0 Å². The molecule has 0 spiro atoms. The molecular weight excluding hydrogens is 326 g/mol. The zero-order chi connectivity index (χ0) is 17.2. The Bertz CT molecular complexity index is 826. The fraction of sp³-hybridized carbons (Fsp3) is 0.286. The summed E-state index contributed by atoms with van der Waals surface area (Å²) in [4.78, 5) is 9.47. The zero-order valence-corrected chi connectivity index (χ0v) is 13.7. The van der Waals surface area contributed by atoms with Crippen LogP contribution in [-0.4, -0.2) is 32.5 Å². The minimum absolute atomic E-state index is 0.136. The maximum absolute atomic E-state index is 13.6. The van der Waals surface area contributed by atoms with E-state index in [0.29, 0.717) is 23.4 Å². The molecule has 0 aliphatic carbocycles. The average molecular weight is 342 g/mol. The fourth-order valence-electron chi connectivity index (χ4n) is 1.85. The van der Waals surface area contributed by atoms with Crippen LogP contribution in [0.1, 0.15) is 11.4 Å². The topological polar surface area (TPSA) is 75.2 Å². The number of aryl methyl sites for hydroxylation is 1. The van der Waals surface area contributed by atoms with Gasteiger partial charge in [0.1, 0.15) is 16.5 Å². The highest BCUT2D eigenvalue weighted by Crippen LogP contribution is 2.16. The number of halogens is 2. The van der Waals surface area contributed by atoms with Crippen LogP contribution in [0.3, 0.4) is 0 Å². The van der Waals surface area contributed by atoms with Crippen LogP contribution >= 0.6 is 0 Å². The van der Waals surface area contributed by atoms with E-state index in [9.17, 15) is 17.2 Å². The monoisotopic (exact) mass is 342 g/mol. The summed E-state index contributed by atoms with van der Waals surface area (Å²) in [5, 5.41) is 0. The summed E-state index contributed by atoms with van der Waals surface area (Å²) in [5.41, 5.74) is 1.11. The lowest BCUT2D eigenvalue weighted by molar-refractivity contribution is 0.542. The summed E-state index contributed by atoms with van der Waals surface area (Å²) in [6, 6.07) is 3.91. The standard InChI is InChI=1S/C14H16F2N4O2S/c1-9-6-11(19-14(18-9)20(2)3)8-17-23(21,22)13-5-4-10(15)7-12(13)16/h4-7,17H,8H2,1-3H3. The predicted octanol–water partition coefficient (Wildman–Crippen LogP) is 1.61. The summed E-state index contributed by atoms with van der Waals surface area (Å²) in [6.07, 6.45) is 0. The lowest BCUT2D eigenvalue weighted by Gasteiger charge is -2.13. The first-order valence-corrected chi connectivity index (χ1v) is 8.14. The van der Waals surface area contributed by atoms with E-state index in [4.69, 9.17) is 0 Å². The lowest BCUT2D eigenvalue weighted by atomic mass is 10.3. The summed E-state index contributed by atoms with van der Waals surface area (Å²) >= 11 is 0. The van der Waals surface area contributed by atoms with Crippen molar-refractivity contribution in [2.24, 2.45) is 0 Å². The molecule has 0 aliphatic heterocycles. The van der Waals surface area contributed by atoms with E-state index >= 15 is 0 Å². The van der Waals surface area contributed by atoms with Gasteiger partial charge in [0, 0.05) is 25.9 Å². The fourth-order valence-corrected chi connectivity index (χ4v) is 2.90. The molecule has 1 aromatic carbocycles. The van der Waals surface area contributed by atoms with E-state index < -0.39 is 26.6 Å². The number of hydrogen-bond donors (Lipinski definition) is 1. The van der Waals surface area contributed by atoms with Gasteiger partial charge >= 0.3 is 0 Å². The van der Waals surface area contributed by atoms with Gasteiger partial charge < -0.3 is 4.90 Å². The molecule has 1 aromatic heterocycles. The molecule has 0 amide bonds. The number of hydrogen-bond acceptors (Lipinski definition) is 5. The first-order chi connectivity index (χ1) is 10.7. The molecule has 1 heterocycles. The van der Waals surface area contributed by atoms with Crippen LogP contribution in [0.5, 0.6) is 0 Å². The molecule has 2 rings (SSSR count). The molecule has 0 saturated carbocycles. The molecule has 0 bridgehead atoms. The highest BCUT2D eigenvalue weighted by Gasteiger charge is 2.19. The molecule has 0 atom stereocenters. The van der Waals surface area contributed by atoms with Gasteiger partial charge in [0.2, 0.25) is 16.0 Å². The Hall–Kier alpha value is -2.13. The Morgan fingerprint density at radius 2 is 1.87 bits per heavy atom. The minimum atomic E-state index is -4.12. The van der Waals surface area contributed by atoms with E-state index in [1.165, 1.54) is 0 Å². The van der Waals surface area contributed by atoms with Crippen molar-refractivity contribution >= 4 is 16.0 Å². The Labute approximate surface area is 133 Å². The molecule has 6 nitrogen and oxygen atoms in total. The third-order valence-electron chi connectivity index (χ3n) is 2.92. The van der Waals surface area contributed by atoms with Crippen molar-refractivity contribution < 1.29 is 17.2 Å². The third-order valence-corrected chi connectivity index (χ3v) is 4.36. The van der Waals surface area contributed by atoms with Crippen LogP contribution in [0.15, 0.2) is 29.2 Å². The van der Waals surface area contributed by atoms with E-state index in [-0.39, 0.29) is 6.54 Å². The molecular formula is C14H16F2N4O2S. The maximum Gasteiger partial charge on any atom is 0.243 e. The van der Waals surface area contributed by atoms with Crippen molar-refractivity contribution in [1.29, 1.82) is 0 Å². The highest BCUT2D eigenvalue weighted by molar-refractivity contribution is 7.89. The lowest BCUT2D eigenvalue weighted by Crippen LogP contribution is -2.25. The van der Waals surface area contributed by atoms with Gasteiger partial charge in [-0.15, -0.1) is 0 Å². The Kier molecular flexibility index (Phi) is 4.90. The van der Waals surface area contributed by atoms with Crippen molar-refractivity contribution in [3.8, 4) is 0 Å². The second-order valence-electron chi connectivity index (χ2n) is 5.09. The molecule has 2 aromatic rings. The van der Waals surface area contributed by atoms with Gasteiger partial charge in [-0.05, 0) is 25.1 Å². The summed E-state index contributed by atoms with van der Waals surface area (Å²) < 4.78 is 53.0. The first-order valence-electron chi connectivity index (χ1n) is 6.65. The zero-order valence-electron chi connectivity index (χ0n) is 12.8. The summed E-state index contributed by atoms with van der Waals surface area (Å²) in [6.45, 7) is 1.62. The van der Waals surface area contributed by atoms with Gasteiger partial charge in [-0.2, -0.15) is 0 Å². The highest BCUT2D eigenvalue weighted by atomic mass is 32.2. The molecule has 0 radical (unpaired) electrons. The number of nitrogens with one attached hydrogen (secondary N) is 1. The van der Waals surface area contributed by atoms with Gasteiger partial charge in [0.05, 0.1) is 12.2 Å². The SMILES string of the molecule is Cc1cc(CNS(=O)(=O)c2ccc(F)cc2F)nc(N(C)C)n1. The number of sulfonamides is 1. The number of anilines is 1. The maximum atomic E-state index is 13.6. The smallest absolute Gasteiger partial charge is 0.243 e. The van der Waals surface area contributed by atoms with Crippen molar-refractivity contribution in [3.63, 3.8) is 0 Å². The van der Waals surface area contributed by atoms with Gasteiger partial charge in [0.15, 0.2) is 0 Å². The van der Waals surface area contributed by atoms with E-state index in [0.717, 1.165) is 12.1 Å². The molecule has 0 aliphatic rings. The van der Waals surface area contributed by atoms with E-state index in [2.05, 4.69) is 14.7 Å². The van der Waals surface area contributed by atoms with E-state index in [1.807, 2.05) is 0 Å². The molecule has 0 unspecified atom stereocenters. The van der Waals surface area contributed by atoms with Gasteiger partial charge in [0.25, 0.3) is 0 Å². The number of rotatable bonds is 5. The largest absolute Gasteiger partial charge is 0.347 e. The number of benzene rings is 1. The van der Waals surface area contributed by atoms with Crippen LogP contribution in [0.2, 0.25) is 0 Å². The Morgan fingerprint density at radius 3 is 2.48 bits per heavy atom. The Balaban J connectivity index is 2.22.